The van der Waals surface area contributed by atoms with Gasteiger partial charge in [-0.2, -0.15) is 0 Å². The monoisotopic (exact) mass is 308 g/mol. The number of amides is 3. The van der Waals surface area contributed by atoms with Gasteiger partial charge in [0.15, 0.2) is 0 Å². The maximum absolute atomic E-state index is 12.9. The van der Waals surface area contributed by atoms with E-state index in [1.807, 2.05) is 19.0 Å². The first-order valence-electron chi connectivity index (χ1n) is 7.20. The number of anilines is 1. The molecule has 6 nitrogen and oxygen atoms in total. The number of likely N-dealkylation sites (N-methyl/N-ethyl adjacent to an activating group) is 1. The summed E-state index contributed by atoms with van der Waals surface area (Å²) in [5.41, 5.74) is 0.642. The molecule has 7 heteroatoms. The first-order chi connectivity index (χ1) is 10.5. The number of rotatable bonds is 5. The molecule has 0 saturated carbocycles. The van der Waals surface area contributed by atoms with Gasteiger partial charge in [0.2, 0.25) is 5.91 Å². The predicted molar refractivity (Wildman–Crippen MR) is 82.2 cm³/mol. The number of carbonyl (C=O) groups excluding carboxylic acids is 2. The molecule has 3 amide bonds. The van der Waals surface area contributed by atoms with Crippen LogP contribution >= 0.6 is 0 Å². The minimum Gasteiger partial charge on any atom is -0.337 e. The molecule has 1 saturated heterocycles. The van der Waals surface area contributed by atoms with Crippen molar-refractivity contribution in [2.75, 3.05) is 38.6 Å². The molecule has 1 unspecified atom stereocenters. The number of urea groups is 1. The molecule has 2 rings (SSSR count). The summed E-state index contributed by atoms with van der Waals surface area (Å²) in [7, 11) is 3.85. The Hall–Kier alpha value is -2.15. The fraction of sp³-hybridized carbons (Fsp3) is 0.467. The second kappa shape index (κ2) is 7.22. The SMILES string of the molecule is CN(C)CCNC(=O)NC1CC(=O)N(c2ccc(F)cc2)C1. The predicted octanol–water partition coefficient (Wildman–Crippen LogP) is 0.792. The van der Waals surface area contributed by atoms with Gasteiger partial charge < -0.3 is 20.4 Å². The van der Waals surface area contributed by atoms with E-state index < -0.39 is 0 Å². The van der Waals surface area contributed by atoms with Gasteiger partial charge in [0.25, 0.3) is 0 Å². The molecule has 1 aromatic rings. The van der Waals surface area contributed by atoms with Crippen molar-refractivity contribution in [2.45, 2.75) is 12.5 Å². The lowest BCUT2D eigenvalue weighted by atomic mass is 10.2. The summed E-state index contributed by atoms with van der Waals surface area (Å²) < 4.78 is 12.9. The van der Waals surface area contributed by atoms with Gasteiger partial charge in [0, 0.05) is 31.7 Å². The van der Waals surface area contributed by atoms with Gasteiger partial charge in [-0.25, -0.2) is 9.18 Å². The highest BCUT2D eigenvalue weighted by molar-refractivity contribution is 5.96. The molecule has 1 aromatic carbocycles. The number of nitrogens with zero attached hydrogens (tertiary/aromatic N) is 2. The van der Waals surface area contributed by atoms with Crippen LogP contribution in [0.25, 0.3) is 0 Å². The minimum atomic E-state index is -0.342. The highest BCUT2D eigenvalue weighted by Gasteiger charge is 2.31. The van der Waals surface area contributed by atoms with Crippen LogP contribution in [0.4, 0.5) is 14.9 Å². The van der Waals surface area contributed by atoms with Gasteiger partial charge in [0.05, 0.1) is 6.04 Å². The molecule has 0 aliphatic carbocycles. The topological polar surface area (TPSA) is 64.7 Å². The van der Waals surface area contributed by atoms with E-state index in [-0.39, 0.29) is 30.2 Å². The number of halogens is 1. The zero-order valence-electron chi connectivity index (χ0n) is 12.8. The third-order valence-corrected chi connectivity index (χ3v) is 3.44. The molecule has 0 radical (unpaired) electrons. The number of benzene rings is 1. The minimum absolute atomic E-state index is 0.0785. The van der Waals surface area contributed by atoms with Gasteiger partial charge >= 0.3 is 6.03 Å². The summed E-state index contributed by atoms with van der Waals surface area (Å²) in [5.74, 6) is -0.421. The van der Waals surface area contributed by atoms with Gasteiger partial charge in [0.1, 0.15) is 5.82 Å². The van der Waals surface area contributed by atoms with Crippen molar-refractivity contribution >= 4 is 17.6 Å². The molecule has 120 valence electrons. The van der Waals surface area contributed by atoms with Crippen molar-refractivity contribution in [1.29, 1.82) is 0 Å². The first kappa shape index (κ1) is 16.2. The van der Waals surface area contributed by atoms with Crippen LogP contribution in [-0.2, 0) is 4.79 Å². The Labute approximate surface area is 129 Å². The standard InChI is InChI=1S/C15H21FN4O2/c1-19(2)8-7-17-15(22)18-12-9-14(21)20(10-12)13-5-3-11(16)4-6-13/h3-6,12H,7-10H2,1-2H3,(H2,17,18,22). The van der Waals surface area contributed by atoms with Crippen LogP contribution in [0, 0.1) is 5.82 Å². The van der Waals surface area contributed by atoms with Crippen molar-refractivity contribution in [1.82, 2.24) is 15.5 Å². The molecule has 0 bridgehead atoms. The largest absolute Gasteiger partial charge is 0.337 e. The quantitative estimate of drug-likeness (QED) is 0.845. The van der Waals surface area contributed by atoms with Crippen LogP contribution in [0.3, 0.4) is 0 Å². The van der Waals surface area contributed by atoms with Gasteiger partial charge in [-0.05, 0) is 38.4 Å². The second-order valence-corrected chi connectivity index (χ2v) is 5.59. The highest BCUT2D eigenvalue weighted by Crippen LogP contribution is 2.21. The zero-order valence-corrected chi connectivity index (χ0v) is 12.8. The number of hydrogen-bond acceptors (Lipinski definition) is 3. The van der Waals surface area contributed by atoms with E-state index in [0.717, 1.165) is 6.54 Å². The van der Waals surface area contributed by atoms with Crippen molar-refractivity contribution in [3.8, 4) is 0 Å². The Bertz CT molecular complexity index is 533. The van der Waals surface area contributed by atoms with E-state index in [4.69, 9.17) is 0 Å². The van der Waals surface area contributed by atoms with Gasteiger partial charge in [-0.1, -0.05) is 0 Å². The Morgan fingerprint density at radius 3 is 2.68 bits per heavy atom. The summed E-state index contributed by atoms with van der Waals surface area (Å²) >= 11 is 0. The molecule has 2 N–H and O–H groups in total. The fourth-order valence-corrected chi connectivity index (χ4v) is 2.30. The lowest BCUT2D eigenvalue weighted by molar-refractivity contribution is -0.117. The maximum atomic E-state index is 12.9. The molecule has 1 aliphatic rings. The van der Waals surface area contributed by atoms with Crippen molar-refractivity contribution < 1.29 is 14.0 Å². The Morgan fingerprint density at radius 1 is 1.36 bits per heavy atom. The summed E-state index contributed by atoms with van der Waals surface area (Å²) in [6.45, 7) is 1.69. The third kappa shape index (κ3) is 4.42. The Morgan fingerprint density at radius 2 is 2.05 bits per heavy atom. The van der Waals surface area contributed by atoms with Crippen LogP contribution < -0.4 is 15.5 Å². The zero-order chi connectivity index (χ0) is 16.1. The Kier molecular flexibility index (Phi) is 5.32. The lowest BCUT2D eigenvalue weighted by Gasteiger charge is -2.17. The molecular weight excluding hydrogens is 287 g/mol. The van der Waals surface area contributed by atoms with E-state index in [1.54, 1.807) is 17.0 Å². The van der Waals surface area contributed by atoms with Crippen molar-refractivity contribution in [2.24, 2.45) is 0 Å². The highest BCUT2D eigenvalue weighted by atomic mass is 19.1. The lowest BCUT2D eigenvalue weighted by Crippen LogP contribution is -2.45. The molecule has 1 fully saturated rings. The summed E-state index contributed by atoms with van der Waals surface area (Å²) in [5, 5.41) is 5.54. The van der Waals surface area contributed by atoms with E-state index in [1.165, 1.54) is 12.1 Å². The number of hydrogen-bond donors (Lipinski definition) is 2. The molecule has 0 aromatic heterocycles. The smallest absolute Gasteiger partial charge is 0.315 e. The molecule has 0 spiro atoms. The average molecular weight is 308 g/mol. The number of carbonyl (C=O) groups is 2. The molecule has 22 heavy (non-hydrogen) atoms. The molecule has 1 aliphatic heterocycles. The van der Waals surface area contributed by atoms with E-state index in [9.17, 15) is 14.0 Å². The average Bonchev–Trinajstić information content (AvgIpc) is 2.80. The van der Waals surface area contributed by atoms with Crippen LogP contribution in [0.5, 0.6) is 0 Å². The third-order valence-electron chi connectivity index (χ3n) is 3.44. The molecule has 1 heterocycles. The van der Waals surface area contributed by atoms with Crippen molar-refractivity contribution in [3.05, 3.63) is 30.1 Å². The fourth-order valence-electron chi connectivity index (χ4n) is 2.30. The normalized spacial score (nSPS) is 17.9. The second-order valence-electron chi connectivity index (χ2n) is 5.59. The van der Waals surface area contributed by atoms with Crippen LogP contribution in [0.2, 0.25) is 0 Å². The summed E-state index contributed by atoms with van der Waals surface area (Å²) in [4.78, 5) is 27.3. The first-order valence-corrected chi connectivity index (χ1v) is 7.20. The summed E-state index contributed by atoms with van der Waals surface area (Å²) in [6.07, 6.45) is 0.248. The maximum Gasteiger partial charge on any atom is 0.315 e. The molecular formula is C15H21FN4O2. The van der Waals surface area contributed by atoms with Gasteiger partial charge in [-0.3, -0.25) is 4.79 Å². The van der Waals surface area contributed by atoms with Crippen LogP contribution in [0.1, 0.15) is 6.42 Å². The van der Waals surface area contributed by atoms with Gasteiger partial charge in [-0.15, -0.1) is 0 Å². The van der Waals surface area contributed by atoms with Crippen LogP contribution in [0.15, 0.2) is 24.3 Å². The van der Waals surface area contributed by atoms with Crippen molar-refractivity contribution in [3.63, 3.8) is 0 Å². The van der Waals surface area contributed by atoms with E-state index in [2.05, 4.69) is 10.6 Å². The van der Waals surface area contributed by atoms with E-state index >= 15 is 0 Å². The Balaban J connectivity index is 1.84. The van der Waals surface area contributed by atoms with Crippen LogP contribution in [-0.4, -0.2) is 56.6 Å². The van der Waals surface area contributed by atoms with E-state index in [0.29, 0.717) is 18.8 Å². The summed E-state index contributed by atoms with van der Waals surface area (Å²) in [6, 6.07) is 5.24. The molecule has 1 atom stereocenters. The number of nitrogens with one attached hydrogen (secondary N) is 2.